The molecule has 1 fully saturated rings. The summed E-state index contributed by atoms with van der Waals surface area (Å²) in [6, 6.07) is -0.217. The summed E-state index contributed by atoms with van der Waals surface area (Å²) in [6.07, 6.45) is 3.30. The first-order valence-corrected chi connectivity index (χ1v) is 6.15. The number of carbonyl (C=O) groups excluding carboxylic acids is 1. The van der Waals surface area contributed by atoms with Crippen LogP contribution in [0, 0.1) is 0 Å². The Balaban J connectivity index is 2.08. The van der Waals surface area contributed by atoms with Crippen LogP contribution >= 0.6 is 0 Å². The number of carbonyl (C=O) groups is 1. The van der Waals surface area contributed by atoms with Gasteiger partial charge >= 0.3 is 0 Å². The van der Waals surface area contributed by atoms with Crippen molar-refractivity contribution in [1.29, 1.82) is 0 Å². The molecule has 1 aliphatic heterocycles. The molecule has 0 aliphatic carbocycles. The fourth-order valence-electron chi connectivity index (χ4n) is 2.50. The number of hydrogen-bond acceptors (Lipinski definition) is 6. The number of rotatable bonds is 2. The van der Waals surface area contributed by atoms with Crippen LogP contribution in [0.25, 0.3) is 11.2 Å². The molecule has 2 aromatic heterocycles. The quantitative estimate of drug-likeness (QED) is 0.681. The van der Waals surface area contributed by atoms with Gasteiger partial charge in [-0.3, -0.25) is 4.79 Å². The molecule has 0 saturated carbocycles. The number of nitrogens with one attached hydrogen (secondary N) is 2. The highest BCUT2D eigenvalue weighted by molar-refractivity contribution is 5.90. The summed E-state index contributed by atoms with van der Waals surface area (Å²) in [5.74, 6) is 0.797. The smallest absolute Gasteiger partial charge is 0.242 e. The van der Waals surface area contributed by atoms with Crippen LogP contribution in [0.4, 0.5) is 11.8 Å². The molecule has 1 atom stereocenters. The van der Waals surface area contributed by atoms with Gasteiger partial charge in [0.1, 0.15) is 11.6 Å². The number of fused-ring (bicyclic) bond motifs is 1. The first-order valence-electron chi connectivity index (χ1n) is 6.15. The number of hydrogen-bond donors (Lipinski definition) is 3. The molecule has 3 heterocycles. The molecule has 4 N–H and O–H groups in total. The Morgan fingerprint density at radius 1 is 1.58 bits per heavy atom. The van der Waals surface area contributed by atoms with Gasteiger partial charge in [0.25, 0.3) is 0 Å². The van der Waals surface area contributed by atoms with Crippen molar-refractivity contribution in [1.82, 2.24) is 25.3 Å². The van der Waals surface area contributed by atoms with Crippen molar-refractivity contribution in [2.45, 2.75) is 18.9 Å². The van der Waals surface area contributed by atoms with E-state index in [0.717, 1.165) is 19.4 Å². The highest BCUT2D eigenvalue weighted by Gasteiger charge is 2.32. The average molecular weight is 261 g/mol. The molecular formula is C11H15N7O. The van der Waals surface area contributed by atoms with E-state index in [0.29, 0.717) is 17.0 Å². The maximum atomic E-state index is 11.9. The van der Waals surface area contributed by atoms with E-state index < -0.39 is 0 Å². The van der Waals surface area contributed by atoms with Gasteiger partial charge < -0.3 is 20.9 Å². The van der Waals surface area contributed by atoms with E-state index in [1.54, 1.807) is 13.4 Å². The van der Waals surface area contributed by atoms with Gasteiger partial charge in [-0.1, -0.05) is 0 Å². The summed E-state index contributed by atoms with van der Waals surface area (Å²) in [5, 5.41) is 2.68. The lowest BCUT2D eigenvalue weighted by molar-refractivity contribution is -0.121. The van der Waals surface area contributed by atoms with Crippen molar-refractivity contribution in [2.75, 3.05) is 24.2 Å². The summed E-state index contributed by atoms with van der Waals surface area (Å²) >= 11 is 0. The van der Waals surface area contributed by atoms with E-state index in [4.69, 9.17) is 5.73 Å². The molecule has 0 aromatic carbocycles. The molecule has 0 spiro atoms. The normalized spacial score (nSPS) is 19.0. The van der Waals surface area contributed by atoms with E-state index in [2.05, 4.69) is 25.3 Å². The van der Waals surface area contributed by atoms with Crippen LogP contribution in [0.5, 0.6) is 0 Å². The number of amides is 1. The van der Waals surface area contributed by atoms with Crippen LogP contribution in [0.15, 0.2) is 6.33 Å². The molecule has 100 valence electrons. The number of H-pyrrole nitrogens is 1. The van der Waals surface area contributed by atoms with Crippen LogP contribution in [-0.2, 0) is 4.79 Å². The Bertz CT molecular complexity index is 623. The lowest BCUT2D eigenvalue weighted by atomic mass is 10.2. The molecule has 19 heavy (non-hydrogen) atoms. The number of nitrogens with two attached hydrogens (primary N) is 1. The third-order valence-corrected chi connectivity index (χ3v) is 3.36. The Morgan fingerprint density at radius 2 is 2.42 bits per heavy atom. The second-order valence-corrected chi connectivity index (χ2v) is 4.47. The van der Waals surface area contributed by atoms with Crippen molar-refractivity contribution in [3.63, 3.8) is 0 Å². The van der Waals surface area contributed by atoms with Crippen LogP contribution in [0.3, 0.4) is 0 Å². The van der Waals surface area contributed by atoms with Crippen LogP contribution in [0.1, 0.15) is 12.8 Å². The third kappa shape index (κ3) is 1.85. The summed E-state index contributed by atoms with van der Waals surface area (Å²) in [7, 11) is 1.64. The van der Waals surface area contributed by atoms with Gasteiger partial charge in [0.15, 0.2) is 11.5 Å². The average Bonchev–Trinajstić information content (AvgIpc) is 3.04. The Labute approximate surface area is 109 Å². The van der Waals surface area contributed by atoms with E-state index in [9.17, 15) is 4.79 Å². The van der Waals surface area contributed by atoms with Crippen LogP contribution in [-0.4, -0.2) is 45.5 Å². The van der Waals surface area contributed by atoms with Gasteiger partial charge in [-0.15, -0.1) is 0 Å². The fraction of sp³-hybridized carbons (Fsp3) is 0.455. The topological polar surface area (TPSA) is 113 Å². The maximum absolute atomic E-state index is 11.9. The van der Waals surface area contributed by atoms with Gasteiger partial charge in [-0.2, -0.15) is 9.97 Å². The molecule has 0 radical (unpaired) electrons. The van der Waals surface area contributed by atoms with Gasteiger partial charge in [0, 0.05) is 13.6 Å². The zero-order valence-electron chi connectivity index (χ0n) is 10.6. The molecule has 1 unspecified atom stereocenters. The standard InChI is InChI=1S/C11H15N7O/c1-13-10(19)6-3-2-4-18(6)9-7-8(15-5-14-7)16-11(12)17-9/h5-6H,2-4H2,1H3,(H,13,19)(H3,12,14,15,16,17). The minimum Gasteiger partial charge on any atom is -0.368 e. The van der Waals surface area contributed by atoms with Crippen molar-refractivity contribution in [3.05, 3.63) is 6.33 Å². The van der Waals surface area contributed by atoms with Gasteiger partial charge in [0.2, 0.25) is 11.9 Å². The minimum absolute atomic E-state index is 0.0117. The van der Waals surface area contributed by atoms with Gasteiger partial charge in [0.05, 0.1) is 6.33 Å². The predicted molar refractivity (Wildman–Crippen MR) is 70.5 cm³/mol. The van der Waals surface area contributed by atoms with Crippen molar-refractivity contribution in [2.24, 2.45) is 0 Å². The van der Waals surface area contributed by atoms with E-state index in [1.807, 2.05) is 4.90 Å². The zero-order valence-corrected chi connectivity index (χ0v) is 10.6. The third-order valence-electron chi connectivity index (χ3n) is 3.36. The lowest BCUT2D eigenvalue weighted by Gasteiger charge is -2.24. The number of likely N-dealkylation sites (N-methyl/N-ethyl adjacent to an activating group) is 1. The first-order chi connectivity index (χ1) is 9.20. The molecule has 3 rings (SSSR count). The molecule has 1 saturated heterocycles. The van der Waals surface area contributed by atoms with Crippen molar-refractivity contribution < 1.29 is 4.79 Å². The second-order valence-electron chi connectivity index (χ2n) is 4.47. The van der Waals surface area contributed by atoms with Crippen molar-refractivity contribution >= 4 is 28.8 Å². The molecule has 1 aliphatic rings. The number of anilines is 2. The summed E-state index contributed by atoms with van der Waals surface area (Å²) in [4.78, 5) is 29.3. The maximum Gasteiger partial charge on any atom is 0.242 e. The van der Waals surface area contributed by atoms with E-state index in [-0.39, 0.29) is 17.9 Å². The van der Waals surface area contributed by atoms with Crippen LogP contribution < -0.4 is 16.0 Å². The Morgan fingerprint density at radius 3 is 3.21 bits per heavy atom. The fourth-order valence-corrected chi connectivity index (χ4v) is 2.50. The van der Waals surface area contributed by atoms with Gasteiger partial charge in [-0.25, -0.2) is 4.98 Å². The number of nitrogen functional groups attached to an aromatic ring is 1. The minimum atomic E-state index is -0.217. The zero-order chi connectivity index (χ0) is 13.4. The predicted octanol–water partition coefficient (Wildman–Crippen LogP) is -0.350. The van der Waals surface area contributed by atoms with E-state index >= 15 is 0 Å². The first kappa shape index (κ1) is 11.7. The summed E-state index contributed by atoms with van der Waals surface area (Å²) in [6.45, 7) is 0.767. The number of aromatic amines is 1. The summed E-state index contributed by atoms with van der Waals surface area (Å²) in [5.41, 5.74) is 6.93. The number of nitrogens with zero attached hydrogens (tertiary/aromatic N) is 4. The van der Waals surface area contributed by atoms with Crippen LogP contribution in [0.2, 0.25) is 0 Å². The number of imidazole rings is 1. The monoisotopic (exact) mass is 261 g/mol. The molecular weight excluding hydrogens is 246 g/mol. The SMILES string of the molecule is CNC(=O)C1CCCN1c1nc(N)nc2nc[nH]c12. The molecule has 8 nitrogen and oxygen atoms in total. The highest BCUT2D eigenvalue weighted by Crippen LogP contribution is 2.29. The van der Waals surface area contributed by atoms with Gasteiger partial charge in [-0.05, 0) is 12.8 Å². The van der Waals surface area contributed by atoms with E-state index in [1.165, 1.54) is 0 Å². The summed E-state index contributed by atoms with van der Waals surface area (Å²) < 4.78 is 0. The van der Waals surface area contributed by atoms with Crippen molar-refractivity contribution in [3.8, 4) is 0 Å². The number of aromatic nitrogens is 4. The second kappa shape index (κ2) is 4.38. The molecule has 8 heteroatoms. The highest BCUT2D eigenvalue weighted by atomic mass is 16.2. The lowest BCUT2D eigenvalue weighted by Crippen LogP contribution is -2.42. The largest absolute Gasteiger partial charge is 0.368 e. The Kier molecular flexibility index (Phi) is 2.69. The molecule has 1 amide bonds. The molecule has 2 aromatic rings. The molecule has 0 bridgehead atoms. The Hall–Kier alpha value is -2.38.